The van der Waals surface area contributed by atoms with Crippen molar-refractivity contribution in [2.45, 2.75) is 38.1 Å². The molecule has 124 valence electrons. The first-order valence-electron chi connectivity index (χ1n) is 9.10. The lowest BCUT2D eigenvalue weighted by Gasteiger charge is -2.38. The van der Waals surface area contributed by atoms with E-state index in [4.69, 9.17) is 11.6 Å². The number of fused-ring (bicyclic) bond motifs is 1. The number of benzene rings is 2. The standard InChI is InChI=1S/C22H24ClN/c23-21-13-7-6-12-20(21)22-19-11-5-4-10-18(19)14-15-24(22)16-17-8-2-1-3-9-17/h4-7,10-15,17,22H,1-3,8-9,16H2. The van der Waals surface area contributed by atoms with Crippen molar-refractivity contribution in [3.63, 3.8) is 0 Å². The van der Waals surface area contributed by atoms with Gasteiger partial charge < -0.3 is 4.90 Å². The number of hydrogen-bond donors (Lipinski definition) is 0. The van der Waals surface area contributed by atoms with Gasteiger partial charge in [0, 0.05) is 17.8 Å². The third-order valence-corrected chi connectivity index (χ3v) is 5.81. The van der Waals surface area contributed by atoms with Crippen molar-refractivity contribution in [2.75, 3.05) is 6.54 Å². The molecular formula is C22H24ClN. The predicted molar refractivity (Wildman–Crippen MR) is 102 cm³/mol. The van der Waals surface area contributed by atoms with E-state index in [-0.39, 0.29) is 6.04 Å². The average molecular weight is 338 g/mol. The van der Waals surface area contributed by atoms with Crippen molar-refractivity contribution in [3.8, 4) is 0 Å². The SMILES string of the molecule is Clc1ccccc1C1c2ccccc2C=CN1CC1CCCCC1. The maximum Gasteiger partial charge on any atom is 0.0810 e. The van der Waals surface area contributed by atoms with Crippen LogP contribution in [0.2, 0.25) is 5.02 Å². The number of rotatable bonds is 3. The highest BCUT2D eigenvalue weighted by Gasteiger charge is 2.28. The van der Waals surface area contributed by atoms with Gasteiger partial charge in [0.1, 0.15) is 0 Å². The van der Waals surface area contributed by atoms with Crippen LogP contribution in [0, 0.1) is 5.92 Å². The zero-order valence-electron chi connectivity index (χ0n) is 14.0. The molecule has 1 atom stereocenters. The first-order chi connectivity index (χ1) is 11.8. The van der Waals surface area contributed by atoms with E-state index >= 15 is 0 Å². The fourth-order valence-electron chi connectivity index (χ4n) is 4.23. The fourth-order valence-corrected chi connectivity index (χ4v) is 4.47. The second-order valence-electron chi connectivity index (χ2n) is 7.07. The Morgan fingerprint density at radius 2 is 1.58 bits per heavy atom. The molecular weight excluding hydrogens is 314 g/mol. The van der Waals surface area contributed by atoms with E-state index in [0.717, 1.165) is 17.5 Å². The third-order valence-electron chi connectivity index (χ3n) is 5.46. The van der Waals surface area contributed by atoms with Crippen molar-refractivity contribution in [1.82, 2.24) is 4.90 Å². The molecule has 24 heavy (non-hydrogen) atoms. The second-order valence-corrected chi connectivity index (χ2v) is 7.48. The molecule has 4 rings (SSSR count). The van der Waals surface area contributed by atoms with Crippen LogP contribution in [0.5, 0.6) is 0 Å². The molecule has 2 aliphatic rings. The normalized spacial score (nSPS) is 20.9. The first kappa shape index (κ1) is 15.8. The summed E-state index contributed by atoms with van der Waals surface area (Å²) in [5, 5.41) is 0.862. The number of halogens is 1. The zero-order valence-corrected chi connectivity index (χ0v) is 14.8. The van der Waals surface area contributed by atoms with Crippen LogP contribution >= 0.6 is 11.6 Å². The number of nitrogens with zero attached hydrogens (tertiary/aromatic N) is 1. The Morgan fingerprint density at radius 3 is 2.38 bits per heavy atom. The summed E-state index contributed by atoms with van der Waals surface area (Å²) < 4.78 is 0. The van der Waals surface area contributed by atoms with Crippen molar-refractivity contribution in [1.29, 1.82) is 0 Å². The van der Waals surface area contributed by atoms with E-state index in [2.05, 4.69) is 53.6 Å². The molecule has 1 fully saturated rings. The van der Waals surface area contributed by atoms with Gasteiger partial charge in [0.2, 0.25) is 0 Å². The highest BCUT2D eigenvalue weighted by Crippen LogP contribution is 2.39. The van der Waals surface area contributed by atoms with E-state index in [1.165, 1.54) is 48.8 Å². The summed E-state index contributed by atoms with van der Waals surface area (Å²) in [6.45, 7) is 1.13. The van der Waals surface area contributed by atoms with E-state index in [1.54, 1.807) is 0 Å². The lowest BCUT2D eigenvalue weighted by atomic mass is 9.86. The van der Waals surface area contributed by atoms with Crippen molar-refractivity contribution >= 4 is 17.7 Å². The maximum absolute atomic E-state index is 6.58. The molecule has 0 radical (unpaired) electrons. The van der Waals surface area contributed by atoms with Crippen LogP contribution in [0.15, 0.2) is 54.7 Å². The van der Waals surface area contributed by atoms with E-state index in [9.17, 15) is 0 Å². The molecule has 1 unspecified atom stereocenters. The van der Waals surface area contributed by atoms with Gasteiger partial charge >= 0.3 is 0 Å². The fraction of sp³-hybridized carbons (Fsp3) is 0.364. The molecule has 0 N–H and O–H groups in total. The van der Waals surface area contributed by atoms with Crippen LogP contribution in [0.1, 0.15) is 54.8 Å². The van der Waals surface area contributed by atoms with Crippen molar-refractivity contribution in [3.05, 3.63) is 76.4 Å². The Balaban J connectivity index is 1.71. The van der Waals surface area contributed by atoms with Gasteiger partial charge in [-0.1, -0.05) is 73.3 Å². The largest absolute Gasteiger partial charge is 0.366 e. The predicted octanol–water partition coefficient (Wildman–Crippen LogP) is 6.30. The summed E-state index contributed by atoms with van der Waals surface area (Å²) in [7, 11) is 0. The Bertz CT molecular complexity index is 730. The molecule has 1 nitrogen and oxygen atoms in total. The minimum Gasteiger partial charge on any atom is -0.366 e. The minimum atomic E-state index is 0.224. The lowest BCUT2D eigenvalue weighted by Crippen LogP contribution is -2.32. The Morgan fingerprint density at radius 1 is 0.875 bits per heavy atom. The smallest absolute Gasteiger partial charge is 0.0810 e. The summed E-state index contributed by atoms with van der Waals surface area (Å²) in [6.07, 6.45) is 11.4. The molecule has 2 heteroatoms. The van der Waals surface area contributed by atoms with Gasteiger partial charge in [-0.05, 0) is 47.6 Å². The van der Waals surface area contributed by atoms with Gasteiger partial charge in [0.15, 0.2) is 0 Å². The average Bonchev–Trinajstić information content (AvgIpc) is 2.63. The topological polar surface area (TPSA) is 3.24 Å². The highest BCUT2D eigenvalue weighted by molar-refractivity contribution is 6.31. The Labute approximate surface area is 149 Å². The summed E-state index contributed by atoms with van der Waals surface area (Å²) in [5.74, 6) is 0.804. The van der Waals surface area contributed by atoms with Crippen LogP contribution in [0.25, 0.3) is 6.08 Å². The molecule has 0 spiro atoms. The number of hydrogen-bond acceptors (Lipinski definition) is 1. The summed E-state index contributed by atoms with van der Waals surface area (Å²) >= 11 is 6.58. The molecule has 0 saturated heterocycles. The first-order valence-corrected chi connectivity index (χ1v) is 9.48. The van der Waals surface area contributed by atoms with E-state index < -0.39 is 0 Å². The minimum absolute atomic E-state index is 0.224. The molecule has 0 amide bonds. The molecule has 1 aliphatic heterocycles. The lowest BCUT2D eigenvalue weighted by molar-refractivity contribution is 0.224. The molecule has 1 saturated carbocycles. The zero-order chi connectivity index (χ0) is 16.4. The third kappa shape index (κ3) is 3.10. The van der Waals surface area contributed by atoms with Gasteiger partial charge in [0.25, 0.3) is 0 Å². The van der Waals surface area contributed by atoms with Crippen LogP contribution in [0.4, 0.5) is 0 Å². The Hall–Kier alpha value is -1.73. The van der Waals surface area contributed by atoms with Gasteiger partial charge in [-0.3, -0.25) is 0 Å². The van der Waals surface area contributed by atoms with E-state index in [0.29, 0.717) is 0 Å². The Kier molecular flexibility index (Phi) is 4.62. The summed E-state index contributed by atoms with van der Waals surface area (Å²) in [4.78, 5) is 2.51. The summed E-state index contributed by atoms with van der Waals surface area (Å²) in [5.41, 5.74) is 3.89. The molecule has 1 aliphatic carbocycles. The maximum atomic E-state index is 6.58. The van der Waals surface area contributed by atoms with Crippen molar-refractivity contribution < 1.29 is 0 Å². The van der Waals surface area contributed by atoms with Gasteiger partial charge in [-0.15, -0.1) is 0 Å². The van der Waals surface area contributed by atoms with Crippen LogP contribution in [-0.4, -0.2) is 11.4 Å². The van der Waals surface area contributed by atoms with Crippen molar-refractivity contribution in [2.24, 2.45) is 5.92 Å². The summed E-state index contributed by atoms with van der Waals surface area (Å²) in [6, 6.07) is 17.2. The second kappa shape index (κ2) is 7.03. The quantitative estimate of drug-likeness (QED) is 0.635. The van der Waals surface area contributed by atoms with Gasteiger partial charge in [0.05, 0.1) is 6.04 Å². The van der Waals surface area contributed by atoms with E-state index in [1.807, 2.05) is 12.1 Å². The molecule has 0 bridgehead atoms. The molecule has 1 heterocycles. The van der Waals surface area contributed by atoms with Gasteiger partial charge in [-0.2, -0.15) is 0 Å². The van der Waals surface area contributed by atoms with Crippen LogP contribution in [0.3, 0.4) is 0 Å². The monoisotopic (exact) mass is 337 g/mol. The van der Waals surface area contributed by atoms with Crippen LogP contribution in [-0.2, 0) is 0 Å². The molecule has 0 aromatic heterocycles. The van der Waals surface area contributed by atoms with Crippen LogP contribution < -0.4 is 0 Å². The molecule has 2 aromatic carbocycles. The molecule has 2 aromatic rings. The highest BCUT2D eigenvalue weighted by atomic mass is 35.5. The van der Waals surface area contributed by atoms with Gasteiger partial charge in [-0.25, -0.2) is 0 Å².